The van der Waals surface area contributed by atoms with E-state index in [4.69, 9.17) is 16.8 Å². The minimum absolute atomic E-state index is 0.507. The Morgan fingerprint density at radius 3 is 2.33 bits per heavy atom. The molecule has 0 aliphatic carbocycles. The molecule has 0 saturated heterocycles. The molecule has 0 aliphatic rings. The molecule has 0 amide bonds. The lowest BCUT2D eigenvalue weighted by atomic mass is 10.1. The van der Waals surface area contributed by atoms with Gasteiger partial charge in [0.05, 0.1) is 0 Å². The van der Waals surface area contributed by atoms with Gasteiger partial charge in [0, 0.05) is 26.1 Å². The number of halogens is 5. The molecule has 2 aromatic carbocycles. The lowest BCUT2D eigenvalue weighted by Crippen LogP contribution is -2.07. The normalized spacial score (nSPS) is 11.9. The Morgan fingerprint density at radius 1 is 1.11 bits per heavy atom. The lowest BCUT2D eigenvalue weighted by molar-refractivity contribution is -0.0553. The number of H-pyrrole nitrogens is 1. The first kappa shape index (κ1) is 21.1. The molecule has 142 valence electrons. The fourth-order valence-electron chi connectivity index (χ4n) is 2.32. The van der Waals surface area contributed by atoms with Crippen LogP contribution in [0, 0.1) is 6.92 Å². The second-order valence-electron chi connectivity index (χ2n) is 5.52. The average Bonchev–Trinajstić information content (AvgIpc) is 2.89. The number of rotatable bonds is 2. The summed E-state index contributed by atoms with van der Waals surface area (Å²) >= 11 is 9.39. The summed E-state index contributed by atoms with van der Waals surface area (Å²) in [5, 5.41) is 11.0. The largest absolute Gasteiger partial charge is 0.429 e. The van der Waals surface area contributed by atoms with E-state index in [0.717, 1.165) is 26.3 Å². The van der Waals surface area contributed by atoms with E-state index >= 15 is 0 Å². The predicted octanol–water partition coefficient (Wildman–Crippen LogP) is 7.07. The predicted molar refractivity (Wildman–Crippen MR) is 107 cm³/mol. The quantitative estimate of drug-likeness (QED) is 0.240. The summed E-state index contributed by atoms with van der Waals surface area (Å²) in [4.78, 5) is 3.44. The first-order chi connectivity index (χ1) is 12.7. The van der Waals surface area contributed by atoms with Gasteiger partial charge < -0.3 is 10.2 Å². The van der Waals surface area contributed by atoms with Crippen molar-refractivity contribution in [1.82, 2.24) is 4.98 Å². The van der Waals surface area contributed by atoms with Crippen LogP contribution in [0.25, 0.3) is 23.1 Å². The highest BCUT2D eigenvalue weighted by molar-refractivity contribution is 9.10. The molecule has 0 spiro atoms. The van der Waals surface area contributed by atoms with Crippen LogP contribution in [-0.2, 0) is 0 Å². The van der Waals surface area contributed by atoms with Crippen molar-refractivity contribution in [3.05, 3.63) is 68.8 Å². The fourth-order valence-corrected chi connectivity index (χ4v) is 2.80. The van der Waals surface area contributed by atoms with Crippen molar-refractivity contribution in [3.8, 4) is 0 Å². The van der Waals surface area contributed by atoms with Gasteiger partial charge in [0.2, 0.25) is 0 Å². The van der Waals surface area contributed by atoms with E-state index < -0.39 is 12.4 Å². The summed E-state index contributed by atoms with van der Waals surface area (Å²) in [7, 11) is 0. The molecule has 3 rings (SSSR count). The third-order valence-corrected chi connectivity index (χ3v) is 4.32. The third kappa shape index (κ3) is 6.45. The Balaban J connectivity index is 0.000000321. The Kier molecular flexibility index (Phi) is 7.10. The lowest BCUT2D eigenvalue weighted by Gasteiger charge is -1.94. The zero-order chi connectivity index (χ0) is 20.0. The van der Waals surface area contributed by atoms with Crippen molar-refractivity contribution in [2.24, 2.45) is 5.16 Å². The molecule has 27 heavy (non-hydrogen) atoms. The molecule has 0 unspecified atom stereocenters. The Labute approximate surface area is 167 Å². The van der Waals surface area contributed by atoms with Crippen LogP contribution in [0.1, 0.15) is 16.8 Å². The molecular weight excluding hydrogens is 445 g/mol. The van der Waals surface area contributed by atoms with E-state index in [1.54, 1.807) is 5.16 Å². The molecule has 3 nitrogen and oxygen atoms in total. The third-order valence-electron chi connectivity index (χ3n) is 3.58. The first-order valence-corrected chi connectivity index (χ1v) is 8.83. The van der Waals surface area contributed by atoms with Crippen molar-refractivity contribution < 1.29 is 18.4 Å². The van der Waals surface area contributed by atoms with Crippen LogP contribution in [0.3, 0.4) is 0 Å². The average molecular weight is 460 g/mol. The second-order valence-corrected chi connectivity index (χ2v) is 6.88. The summed E-state index contributed by atoms with van der Waals surface area (Å²) in [6.07, 6.45) is -0.808. The molecule has 1 heterocycles. The van der Waals surface area contributed by atoms with Gasteiger partial charge >= 0.3 is 6.18 Å². The van der Waals surface area contributed by atoms with Gasteiger partial charge in [-0.1, -0.05) is 57.0 Å². The molecule has 1 aromatic heterocycles. The van der Waals surface area contributed by atoms with Gasteiger partial charge in [-0.15, -0.1) is 0 Å². The van der Waals surface area contributed by atoms with Gasteiger partial charge in [-0.25, -0.2) is 0 Å². The molecule has 0 radical (unpaired) electrons. The van der Waals surface area contributed by atoms with Gasteiger partial charge in [-0.3, -0.25) is 0 Å². The SMILES string of the molecule is Cc1c(/C=C/c2ccc(Cl)cc2)[nH]c2cc(Br)ccc12.O/N=C/C(F)(F)F. The smallest absolute Gasteiger partial charge is 0.411 e. The Hall–Kier alpha value is -2.25. The maximum absolute atomic E-state index is 10.7. The standard InChI is InChI=1S/C17H13BrClN.C2H2F3NO/c1-11-15-8-5-13(18)10-17(15)20-16(11)9-4-12-2-6-14(19)7-3-12;3-2(4,5)1-6-7/h2-10,20H,1H3;1,7H/b9-4+;6-1+. The molecular formula is C19H15BrClF3N2O. The van der Waals surface area contributed by atoms with Crippen LogP contribution in [-0.4, -0.2) is 22.6 Å². The fraction of sp³-hybridized carbons (Fsp3) is 0.105. The molecule has 0 fully saturated rings. The number of oxime groups is 1. The summed E-state index contributed by atoms with van der Waals surface area (Å²) in [5.74, 6) is 0. The maximum atomic E-state index is 10.7. The molecule has 0 saturated carbocycles. The van der Waals surface area contributed by atoms with Gasteiger partial charge in [-0.05, 0) is 48.4 Å². The van der Waals surface area contributed by atoms with E-state index in [1.165, 1.54) is 10.9 Å². The maximum Gasteiger partial charge on any atom is 0.429 e. The molecule has 2 N–H and O–H groups in total. The molecule has 0 aliphatic heterocycles. The summed E-state index contributed by atoms with van der Waals surface area (Å²) in [5.41, 5.74) is 4.67. The van der Waals surface area contributed by atoms with Crippen molar-refractivity contribution in [1.29, 1.82) is 0 Å². The number of benzene rings is 2. The van der Waals surface area contributed by atoms with Gasteiger partial charge in [-0.2, -0.15) is 13.2 Å². The Bertz CT molecular complexity index is 963. The molecule has 8 heteroatoms. The highest BCUT2D eigenvalue weighted by Gasteiger charge is 2.23. The number of aryl methyl sites for hydroxylation is 1. The van der Waals surface area contributed by atoms with Crippen molar-refractivity contribution >= 4 is 56.8 Å². The molecule has 0 atom stereocenters. The second kappa shape index (κ2) is 9.10. The van der Waals surface area contributed by atoms with Crippen LogP contribution < -0.4 is 0 Å². The van der Waals surface area contributed by atoms with Crippen LogP contribution >= 0.6 is 27.5 Å². The van der Waals surface area contributed by atoms with Crippen LogP contribution in [0.15, 0.2) is 52.1 Å². The number of nitrogens with one attached hydrogen (secondary N) is 1. The minimum Gasteiger partial charge on any atom is -0.411 e. The number of nitrogens with zero attached hydrogens (tertiary/aromatic N) is 1. The van der Waals surface area contributed by atoms with Crippen LogP contribution in [0.2, 0.25) is 5.02 Å². The van der Waals surface area contributed by atoms with E-state index in [1.807, 2.05) is 24.3 Å². The number of fused-ring (bicyclic) bond motifs is 1. The molecule has 3 aromatic rings. The van der Waals surface area contributed by atoms with E-state index in [0.29, 0.717) is 0 Å². The number of alkyl halides is 3. The molecule has 0 bridgehead atoms. The van der Waals surface area contributed by atoms with E-state index in [-0.39, 0.29) is 0 Å². The highest BCUT2D eigenvalue weighted by Crippen LogP contribution is 2.26. The monoisotopic (exact) mass is 458 g/mol. The zero-order valence-corrected chi connectivity index (χ0v) is 16.4. The highest BCUT2D eigenvalue weighted by atomic mass is 79.9. The number of aromatic nitrogens is 1. The summed E-state index contributed by atoms with van der Waals surface area (Å²) < 4.78 is 33.3. The number of hydrogen-bond donors (Lipinski definition) is 2. The van der Waals surface area contributed by atoms with Crippen LogP contribution in [0.4, 0.5) is 13.2 Å². The van der Waals surface area contributed by atoms with Gasteiger partial charge in [0.15, 0.2) is 0 Å². The minimum atomic E-state index is -4.49. The van der Waals surface area contributed by atoms with Crippen LogP contribution in [0.5, 0.6) is 0 Å². The zero-order valence-electron chi connectivity index (χ0n) is 14.1. The number of hydrogen-bond acceptors (Lipinski definition) is 2. The summed E-state index contributed by atoms with van der Waals surface area (Å²) in [6.45, 7) is 2.13. The Morgan fingerprint density at radius 2 is 1.78 bits per heavy atom. The van der Waals surface area contributed by atoms with Gasteiger partial charge in [0.1, 0.15) is 6.21 Å². The van der Waals surface area contributed by atoms with Crippen molar-refractivity contribution in [2.45, 2.75) is 13.1 Å². The van der Waals surface area contributed by atoms with E-state index in [2.05, 4.69) is 58.2 Å². The first-order valence-electron chi connectivity index (χ1n) is 7.66. The van der Waals surface area contributed by atoms with Crippen molar-refractivity contribution in [3.63, 3.8) is 0 Å². The topological polar surface area (TPSA) is 48.4 Å². The van der Waals surface area contributed by atoms with Crippen molar-refractivity contribution in [2.75, 3.05) is 0 Å². The number of aromatic amines is 1. The van der Waals surface area contributed by atoms with Gasteiger partial charge in [0.25, 0.3) is 0 Å². The van der Waals surface area contributed by atoms with E-state index in [9.17, 15) is 13.2 Å². The summed E-state index contributed by atoms with van der Waals surface area (Å²) in [6, 6.07) is 14.1.